The molecule has 1 aliphatic carbocycles. The van der Waals surface area contributed by atoms with Crippen LogP contribution in [0.3, 0.4) is 0 Å². The molecule has 0 spiro atoms. The van der Waals surface area contributed by atoms with Crippen LogP contribution in [0.5, 0.6) is 5.75 Å². The molecule has 2 rings (SSSR count). The number of benzene rings is 1. The summed E-state index contributed by atoms with van der Waals surface area (Å²) in [6.45, 7) is 2.39. The minimum Gasteiger partial charge on any atom is -0.493 e. The Bertz CT molecular complexity index is 397. The molecule has 0 aliphatic heterocycles. The lowest BCUT2D eigenvalue weighted by Gasteiger charge is -2.07. The monoisotopic (exact) mass is 222 g/mol. The van der Waals surface area contributed by atoms with Crippen LogP contribution in [0.4, 0.5) is 4.39 Å². The molecule has 0 bridgehead atoms. The zero-order chi connectivity index (χ0) is 11.5. The second-order valence-corrected chi connectivity index (χ2v) is 4.21. The zero-order valence-electron chi connectivity index (χ0n) is 9.33. The lowest BCUT2D eigenvalue weighted by Crippen LogP contribution is -2.02. The van der Waals surface area contributed by atoms with Crippen LogP contribution in [0.1, 0.15) is 36.5 Å². The zero-order valence-corrected chi connectivity index (χ0v) is 9.33. The van der Waals surface area contributed by atoms with Crippen LogP contribution in [0.2, 0.25) is 0 Å². The average molecular weight is 222 g/mol. The van der Waals surface area contributed by atoms with Crippen molar-refractivity contribution in [3.63, 3.8) is 0 Å². The van der Waals surface area contributed by atoms with E-state index < -0.39 is 5.82 Å². The largest absolute Gasteiger partial charge is 0.493 e. The molecule has 1 saturated carbocycles. The molecular weight excluding hydrogens is 207 g/mol. The van der Waals surface area contributed by atoms with Gasteiger partial charge in [0, 0.05) is 18.1 Å². The Hall–Kier alpha value is -1.38. The number of Topliss-reactive ketones (excluding diaryl/α,β-unsaturated/α-hetero) is 1. The first-order chi connectivity index (χ1) is 7.69. The third-order valence-electron chi connectivity index (χ3n) is 2.70. The molecular formula is C13H15FO2. The number of ketones is 1. The molecule has 0 amide bonds. The smallest absolute Gasteiger partial charge is 0.162 e. The van der Waals surface area contributed by atoms with Gasteiger partial charge < -0.3 is 4.74 Å². The molecule has 0 heterocycles. The van der Waals surface area contributed by atoms with E-state index in [1.165, 1.54) is 25.0 Å². The second-order valence-electron chi connectivity index (χ2n) is 4.21. The number of hydrogen-bond donors (Lipinski definition) is 0. The molecule has 1 fully saturated rings. The average Bonchev–Trinajstić information content (AvgIpc) is 3.08. The van der Waals surface area contributed by atoms with E-state index in [2.05, 4.69) is 0 Å². The number of carbonyl (C=O) groups excluding carboxylic acids is 1. The van der Waals surface area contributed by atoms with Crippen molar-refractivity contribution < 1.29 is 13.9 Å². The van der Waals surface area contributed by atoms with Gasteiger partial charge in [-0.1, -0.05) is 6.92 Å². The third-order valence-corrected chi connectivity index (χ3v) is 2.70. The standard InChI is InChI=1S/C13H15FO2/c1-2-13(15)10-5-11(14)7-12(6-10)16-8-9-3-4-9/h5-7,9H,2-4,8H2,1H3. The summed E-state index contributed by atoms with van der Waals surface area (Å²) in [5, 5.41) is 0. The fraction of sp³-hybridized carbons (Fsp3) is 0.462. The molecule has 0 saturated heterocycles. The molecule has 16 heavy (non-hydrogen) atoms. The van der Waals surface area contributed by atoms with Crippen LogP contribution in [-0.4, -0.2) is 12.4 Å². The van der Waals surface area contributed by atoms with Gasteiger partial charge in [-0.05, 0) is 30.9 Å². The summed E-state index contributed by atoms with van der Waals surface area (Å²) in [6.07, 6.45) is 2.76. The Balaban J connectivity index is 2.10. The maximum absolute atomic E-state index is 13.2. The Kier molecular flexibility index (Phi) is 3.22. The molecule has 0 N–H and O–H groups in total. The fourth-order valence-corrected chi connectivity index (χ4v) is 1.51. The summed E-state index contributed by atoms with van der Waals surface area (Å²) in [7, 11) is 0. The molecule has 86 valence electrons. The van der Waals surface area contributed by atoms with E-state index in [0.717, 1.165) is 0 Å². The molecule has 0 atom stereocenters. The van der Waals surface area contributed by atoms with Crippen molar-refractivity contribution in [3.8, 4) is 5.75 Å². The van der Waals surface area contributed by atoms with Gasteiger partial charge in [-0.3, -0.25) is 4.79 Å². The number of halogens is 1. The van der Waals surface area contributed by atoms with E-state index in [1.807, 2.05) is 0 Å². The maximum Gasteiger partial charge on any atom is 0.162 e. The molecule has 0 aromatic heterocycles. The molecule has 0 unspecified atom stereocenters. The number of ether oxygens (including phenoxy) is 1. The van der Waals surface area contributed by atoms with Crippen molar-refractivity contribution in [2.45, 2.75) is 26.2 Å². The molecule has 3 heteroatoms. The van der Waals surface area contributed by atoms with E-state index in [1.54, 1.807) is 13.0 Å². The lowest BCUT2D eigenvalue weighted by atomic mass is 10.1. The van der Waals surface area contributed by atoms with E-state index in [9.17, 15) is 9.18 Å². The number of carbonyl (C=O) groups is 1. The summed E-state index contributed by atoms with van der Waals surface area (Å²) in [6, 6.07) is 4.21. The van der Waals surface area contributed by atoms with Crippen molar-refractivity contribution in [1.29, 1.82) is 0 Å². The van der Waals surface area contributed by atoms with E-state index in [4.69, 9.17) is 4.74 Å². The van der Waals surface area contributed by atoms with Gasteiger partial charge in [0.15, 0.2) is 5.78 Å². The van der Waals surface area contributed by atoms with Crippen LogP contribution < -0.4 is 4.74 Å². The van der Waals surface area contributed by atoms with Gasteiger partial charge >= 0.3 is 0 Å². The SMILES string of the molecule is CCC(=O)c1cc(F)cc(OCC2CC2)c1. The summed E-state index contributed by atoms with van der Waals surface area (Å²) in [5.41, 5.74) is 0.397. The first-order valence-electron chi connectivity index (χ1n) is 5.65. The molecule has 1 aromatic carbocycles. The van der Waals surface area contributed by atoms with E-state index in [-0.39, 0.29) is 5.78 Å². The third kappa shape index (κ3) is 2.81. The summed E-state index contributed by atoms with van der Waals surface area (Å²) < 4.78 is 18.7. The molecule has 0 radical (unpaired) electrons. The normalized spacial score (nSPS) is 14.9. The Morgan fingerprint density at radius 2 is 2.19 bits per heavy atom. The number of rotatable bonds is 5. The molecule has 1 aliphatic rings. The summed E-state index contributed by atoms with van der Waals surface area (Å²) in [5.74, 6) is 0.609. The fourth-order valence-electron chi connectivity index (χ4n) is 1.51. The van der Waals surface area contributed by atoms with Crippen molar-refractivity contribution in [2.24, 2.45) is 5.92 Å². The van der Waals surface area contributed by atoms with Crippen LogP contribution in [0, 0.1) is 11.7 Å². The quantitative estimate of drug-likeness (QED) is 0.715. The van der Waals surface area contributed by atoms with Crippen molar-refractivity contribution >= 4 is 5.78 Å². The van der Waals surface area contributed by atoms with Crippen molar-refractivity contribution in [2.75, 3.05) is 6.61 Å². The van der Waals surface area contributed by atoms with Crippen molar-refractivity contribution in [3.05, 3.63) is 29.6 Å². The minimum atomic E-state index is -0.412. The molecule has 1 aromatic rings. The Labute approximate surface area is 94.4 Å². The van der Waals surface area contributed by atoms with Gasteiger partial charge in [-0.15, -0.1) is 0 Å². The van der Waals surface area contributed by atoms with Crippen LogP contribution >= 0.6 is 0 Å². The summed E-state index contributed by atoms with van der Waals surface area (Å²) in [4.78, 5) is 11.4. The van der Waals surface area contributed by atoms with Gasteiger partial charge in [0.1, 0.15) is 11.6 Å². The lowest BCUT2D eigenvalue weighted by molar-refractivity contribution is 0.0987. The first-order valence-corrected chi connectivity index (χ1v) is 5.65. The van der Waals surface area contributed by atoms with Gasteiger partial charge in [-0.25, -0.2) is 4.39 Å². The summed E-state index contributed by atoms with van der Waals surface area (Å²) >= 11 is 0. The predicted octanol–water partition coefficient (Wildman–Crippen LogP) is 3.21. The Morgan fingerprint density at radius 3 is 2.81 bits per heavy atom. The van der Waals surface area contributed by atoms with Crippen molar-refractivity contribution in [1.82, 2.24) is 0 Å². The van der Waals surface area contributed by atoms with Gasteiger partial charge in [0.05, 0.1) is 6.61 Å². The maximum atomic E-state index is 13.2. The number of hydrogen-bond acceptors (Lipinski definition) is 2. The highest BCUT2D eigenvalue weighted by Gasteiger charge is 2.22. The van der Waals surface area contributed by atoms with Crippen LogP contribution in [0.25, 0.3) is 0 Å². The minimum absolute atomic E-state index is 0.0595. The molecule has 2 nitrogen and oxygen atoms in total. The van der Waals surface area contributed by atoms with Gasteiger partial charge in [0.25, 0.3) is 0 Å². The van der Waals surface area contributed by atoms with Crippen LogP contribution in [-0.2, 0) is 0 Å². The highest BCUT2D eigenvalue weighted by molar-refractivity contribution is 5.96. The van der Waals surface area contributed by atoms with Crippen LogP contribution in [0.15, 0.2) is 18.2 Å². The van der Waals surface area contributed by atoms with Gasteiger partial charge in [-0.2, -0.15) is 0 Å². The van der Waals surface area contributed by atoms with E-state index >= 15 is 0 Å². The van der Waals surface area contributed by atoms with E-state index in [0.29, 0.717) is 30.3 Å². The highest BCUT2D eigenvalue weighted by Crippen LogP contribution is 2.30. The topological polar surface area (TPSA) is 26.3 Å². The van der Waals surface area contributed by atoms with Gasteiger partial charge in [0.2, 0.25) is 0 Å². The second kappa shape index (κ2) is 4.64. The highest BCUT2D eigenvalue weighted by atomic mass is 19.1. The predicted molar refractivity (Wildman–Crippen MR) is 59.2 cm³/mol. The Morgan fingerprint density at radius 1 is 1.44 bits per heavy atom. The first kappa shape index (κ1) is 11.1.